The van der Waals surface area contributed by atoms with Crippen molar-refractivity contribution in [3.63, 3.8) is 0 Å². The van der Waals surface area contributed by atoms with Crippen LogP contribution in [-0.2, 0) is 11.2 Å². The van der Waals surface area contributed by atoms with Gasteiger partial charge in [0.15, 0.2) is 0 Å². The fourth-order valence-electron chi connectivity index (χ4n) is 1.87. The molecule has 0 saturated carbocycles. The smallest absolute Gasteiger partial charge is 0.148 e. The van der Waals surface area contributed by atoms with Crippen molar-refractivity contribution in [1.29, 1.82) is 0 Å². The molecule has 0 amide bonds. The Kier molecular flexibility index (Phi) is 3.68. The van der Waals surface area contributed by atoms with E-state index in [4.69, 9.17) is 0 Å². The van der Waals surface area contributed by atoms with Crippen LogP contribution in [0.25, 0.3) is 11.1 Å². The molecule has 1 N–H and O–H groups in total. The molecule has 2 aromatic carbocycles. The molecule has 86 valence electrons. The zero-order chi connectivity index (χ0) is 12.1. The molecule has 0 aliphatic rings. The van der Waals surface area contributed by atoms with E-state index in [1.54, 1.807) is 0 Å². The average molecular weight is 226 g/mol. The molecule has 0 bridgehead atoms. The maximum Gasteiger partial charge on any atom is 0.148 e. The van der Waals surface area contributed by atoms with Crippen molar-refractivity contribution >= 4 is 6.29 Å². The molecule has 0 radical (unpaired) electrons. The number of carbonyl (C=O) groups is 1. The first-order valence-corrected chi connectivity index (χ1v) is 5.58. The Morgan fingerprint density at radius 1 is 1.00 bits per heavy atom. The van der Waals surface area contributed by atoms with Gasteiger partial charge in [-0.3, -0.25) is 0 Å². The van der Waals surface area contributed by atoms with E-state index in [1.807, 2.05) is 54.6 Å². The number of aliphatic hydroxyl groups excluding tert-OH is 1. The molecule has 0 spiro atoms. The second-order valence-corrected chi connectivity index (χ2v) is 3.93. The normalized spacial score (nSPS) is 12.1. The second-order valence-electron chi connectivity index (χ2n) is 3.93. The molecule has 2 aromatic rings. The highest BCUT2D eigenvalue weighted by molar-refractivity contribution is 5.68. The third-order valence-electron chi connectivity index (χ3n) is 2.69. The van der Waals surface area contributed by atoms with Gasteiger partial charge in [-0.2, -0.15) is 0 Å². The SMILES string of the molecule is O=CC(O)Cc1ccccc1-c1ccccc1. The molecular formula is C15H14O2. The van der Waals surface area contributed by atoms with Crippen molar-refractivity contribution < 1.29 is 9.90 Å². The minimum Gasteiger partial charge on any atom is -0.385 e. The molecule has 1 unspecified atom stereocenters. The molecule has 2 rings (SSSR count). The highest BCUT2D eigenvalue weighted by Gasteiger charge is 2.08. The number of carbonyl (C=O) groups excluding carboxylic acids is 1. The number of rotatable bonds is 4. The molecule has 1 atom stereocenters. The van der Waals surface area contributed by atoms with Gasteiger partial charge in [0, 0.05) is 6.42 Å². The summed E-state index contributed by atoms with van der Waals surface area (Å²) in [6.45, 7) is 0. The van der Waals surface area contributed by atoms with Crippen molar-refractivity contribution in [3.8, 4) is 11.1 Å². The van der Waals surface area contributed by atoms with Crippen molar-refractivity contribution in [2.75, 3.05) is 0 Å². The minimum atomic E-state index is -0.931. The van der Waals surface area contributed by atoms with Crippen LogP contribution in [0.1, 0.15) is 5.56 Å². The molecule has 0 aliphatic heterocycles. The minimum absolute atomic E-state index is 0.356. The number of hydrogen-bond donors (Lipinski definition) is 1. The van der Waals surface area contributed by atoms with Crippen molar-refractivity contribution in [3.05, 3.63) is 60.2 Å². The Hall–Kier alpha value is -1.93. The van der Waals surface area contributed by atoms with Crippen LogP contribution in [0.15, 0.2) is 54.6 Å². The second kappa shape index (κ2) is 5.41. The summed E-state index contributed by atoms with van der Waals surface area (Å²) < 4.78 is 0. The summed E-state index contributed by atoms with van der Waals surface area (Å²) in [7, 11) is 0. The number of aliphatic hydroxyl groups is 1. The Labute approximate surface area is 101 Å². The van der Waals surface area contributed by atoms with Crippen molar-refractivity contribution in [1.82, 2.24) is 0 Å². The average Bonchev–Trinajstić information content (AvgIpc) is 2.40. The first-order chi connectivity index (χ1) is 8.31. The summed E-state index contributed by atoms with van der Waals surface area (Å²) in [5, 5.41) is 9.41. The van der Waals surface area contributed by atoms with E-state index in [1.165, 1.54) is 0 Å². The fourth-order valence-corrected chi connectivity index (χ4v) is 1.87. The predicted molar refractivity (Wildman–Crippen MR) is 67.7 cm³/mol. The van der Waals surface area contributed by atoms with E-state index in [9.17, 15) is 9.90 Å². The molecule has 0 saturated heterocycles. The van der Waals surface area contributed by atoms with Gasteiger partial charge in [-0.15, -0.1) is 0 Å². The van der Waals surface area contributed by atoms with Gasteiger partial charge in [-0.1, -0.05) is 54.6 Å². The first kappa shape index (κ1) is 11.6. The summed E-state index contributed by atoms with van der Waals surface area (Å²) in [4.78, 5) is 10.5. The third kappa shape index (κ3) is 2.80. The number of benzene rings is 2. The van der Waals surface area contributed by atoms with Crippen molar-refractivity contribution in [2.45, 2.75) is 12.5 Å². The van der Waals surface area contributed by atoms with Crippen LogP contribution in [0.3, 0.4) is 0 Å². The van der Waals surface area contributed by atoms with E-state index in [0.717, 1.165) is 16.7 Å². The quantitative estimate of drug-likeness (QED) is 0.813. The Bertz CT molecular complexity index is 491. The standard InChI is InChI=1S/C15H14O2/c16-11-14(17)10-13-8-4-5-9-15(13)12-6-2-1-3-7-12/h1-9,11,14,17H,10H2. The zero-order valence-corrected chi connectivity index (χ0v) is 9.41. The monoisotopic (exact) mass is 226 g/mol. The van der Waals surface area contributed by atoms with Gasteiger partial charge in [0.2, 0.25) is 0 Å². The van der Waals surface area contributed by atoms with Gasteiger partial charge < -0.3 is 9.90 Å². The lowest BCUT2D eigenvalue weighted by molar-refractivity contribution is -0.114. The summed E-state index contributed by atoms with van der Waals surface area (Å²) in [5.74, 6) is 0. The van der Waals surface area contributed by atoms with Crippen molar-refractivity contribution in [2.24, 2.45) is 0 Å². The lowest BCUT2D eigenvalue weighted by atomic mass is 9.96. The van der Waals surface area contributed by atoms with Gasteiger partial charge in [0.25, 0.3) is 0 Å². The summed E-state index contributed by atoms with van der Waals surface area (Å²) in [5.41, 5.74) is 3.15. The van der Waals surface area contributed by atoms with Crippen LogP contribution in [0.5, 0.6) is 0 Å². The van der Waals surface area contributed by atoms with Crippen LogP contribution in [0, 0.1) is 0 Å². The van der Waals surface area contributed by atoms with E-state index in [0.29, 0.717) is 12.7 Å². The fraction of sp³-hybridized carbons (Fsp3) is 0.133. The molecule has 0 fully saturated rings. The molecule has 0 aliphatic carbocycles. The van der Waals surface area contributed by atoms with Gasteiger partial charge >= 0.3 is 0 Å². The molecule has 17 heavy (non-hydrogen) atoms. The Morgan fingerprint density at radius 3 is 2.35 bits per heavy atom. The van der Waals surface area contributed by atoms with Crippen LogP contribution < -0.4 is 0 Å². The van der Waals surface area contributed by atoms with Gasteiger partial charge in [-0.05, 0) is 16.7 Å². The van der Waals surface area contributed by atoms with Gasteiger partial charge in [-0.25, -0.2) is 0 Å². The summed E-state index contributed by atoms with van der Waals surface area (Å²) >= 11 is 0. The highest BCUT2D eigenvalue weighted by Crippen LogP contribution is 2.24. The van der Waals surface area contributed by atoms with Crippen LogP contribution >= 0.6 is 0 Å². The lowest BCUT2D eigenvalue weighted by Crippen LogP contribution is -2.12. The number of aldehydes is 1. The lowest BCUT2D eigenvalue weighted by Gasteiger charge is -2.10. The first-order valence-electron chi connectivity index (χ1n) is 5.58. The highest BCUT2D eigenvalue weighted by atomic mass is 16.3. The van der Waals surface area contributed by atoms with E-state index >= 15 is 0 Å². The number of hydrogen-bond acceptors (Lipinski definition) is 2. The van der Waals surface area contributed by atoms with Crippen LogP contribution in [0.2, 0.25) is 0 Å². The van der Waals surface area contributed by atoms with E-state index in [2.05, 4.69) is 0 Å². The van der Waals surface area contributed by atoms with Gasteiger partial charge in [0.1, 0.15) is 12.4 Å². The summed E-state index contributed by atoms with van der Waals surface area (Å²) in [6, 6.07) is 17.8. The van der Waals surface area contributed by atoms with Crippen LogP contribution in [-0.4, -0.2) is 17.5 Å². The van der Waals surface area contributed by atoms with Gasteiger partial charge in [0.05, 0.1) is 0 Å². The molecule has 0 heterocycles. The Balaban J connectivity index is 2.37. The molecule has 0 aromatic heterocycles. The Morgan fingerprint density at radius 2 is 1.65 bits per heavy atom. The van der Waals surface area contributed by atoms with E-state index in [-0.39, 0.29) is 0 Å². The molecule has 2 heteroatoms. The maximum absolute atomic E-state index is 10.5. The topological polar surface area (TPSA) is 37.3 Å². The predicted octanol–water partition coefficient (Wildman–Crippen LogP) is 2.46. The van der Waals surface area contributed by atoms with Crippen LogP contribution in [0.4, 0.5) is 0 Å². The third-order valence-corrected chi connectivity index (χ3v) is 2.69. The largest absolute Gasteiger partial charge is 0.385 e. The maximum atomic E-state index is 10.5. The zero-order valence-electron chi connectivity index (χ0n) is 9.41. The molecule has 2 nitrogen and oxygen atoms in total. The summed E-state index contributed by atoms with van der Waals surface area (Å²) in [6.07, 6.45) is -0.00376. The van der Waals surface area contributed by atoms with E-state index < -0.39 is 6.10 Å². The molecular weight excluding hydrogens is 212 g/mol.